The van der Waals surface area contributed by atoms with Gasteiger partial charge in [0.1, 0.15) is 0 Å². The fourth-order valence-electron chi connectivity index (χ4n) is 2.17. The van der Waals surface area contributed by atoms with Crippen LogP contribution in [0.1, 0.15) is 31.8 Å². The van der Waals surface area contributed by atoms with Gasteiger partial charge in [0.05, 0.1) is 16.7 Å². The second-order valence-corrected chi connectivity index (χ2v) is 5.98. The van der Waals surface area contributed by atoms with E-state index in [9.17, 15) is 0 Å². The molecule has 5 heteroatoms. The van der Waals surface area contributed by atoms with E-state index in [0.717, 1.165) is 15.5 Å². The number of rotatable bonds is 1. The molecule has 0 saturated carbocycles. The van der Waals surface area contributed by atoms with Crippen molar-refractivity contribution in [2.75, 3.05) is 0 Å². The Bertz CT molecular complexity index is 708. The minimum Gasteiger partial charge on any atom is -0.399 e. The zero-order valence-corrected chi connectivity index (χ0v) is 11.6. The van der Waals surface area contributed by atoms with E-state index in [1.54, 1.807) is 6.07 Å². The van der Waals surface area contributed by atoms with Crippen LogP contribution in [0.3, 0.4) is 0 Å². The van der Waals surface area contributed by atoms with Crippen LogP contribution in [0, 0.1) is 0 Å². The van der Waals surface area contributed by atoms with Crippen LogP contribution in [0.5, 0.6) is 0 Å². The first-order valence-electron chi connectivity index (χ1n) is 7.85. The molecule has 1 aromatic carbocycles. The molecule has 1 aromatic heterocycles. The molecule has 100 valence electrons. The van der Waals surface area contributed by atoms with Crippen LogP contribution in [-0.2, 0) is 16.3 Å². The second kappa shape index (κ2) is 3.84. The normalized spacial score (nSPS) is 24.2. The third-order valence-corrected chi connectivity index (χ3v) is 4.05. The van der Waals surface area contributed by atoms with Gasteiger partial charge in [-0.25, -0.2) is 0 Å². The monoisotopic (exact) mass is 261 g/mol. The highest BCUT2D eigenvalue weighted by atomic mass is 16.7. The molecule has 1 aliphatic rings. The fraction of sp³-hybridized carbons (Fsp3) is 0.500. The minimum atomic E-state index is -2.27. The van der Waals surface area contributed by atoms with Gasteiger partial charge in [-0.2, -0.15) is 5.10 Å². The lowest BCUT2D eigenvalue weighted by Crippen LogP contribution is -2.41. The summed E-state index contributed by atoms with van der Waals surface area (Å²) in [5.41, 5.74) is 0.679. The molecule has 1 fully saturated rings. The Morgan fingerprint density at radius 3 is 2.53 bits per heavy atom. The van der Waals surface area contributed by atoms with Crippen LogP contribution in [-0.4, -0.2) is 28.1 Å². The van der Waals surface area contributed by atoms with E-state index < -0.39 is 25.3 Å². The number of nitrogens with zero attached hydrogens (tertiary/aromatic N) is 2. The zero-order valence-electron chi connectivity index (χ0n) is 14.6. The summed E-state index contributed by atoms with van der Waals surface area (Å²) < 4.78 is 35.3. The molecule has 2 heterocycles. The van der Waals surface area contributed by atoms with Gasteiger partial charge in [0.25, 0.3) is 0 Å². The summed E-state index contributed by atoms with van der Waals surface area (Å²) in [5.74, 6) is 0. The highest BCUT2D eigenvalue weighted by Gasteiger charge is 2.51. The van der Waals surface area contributed by atoms with Crippen molar-refractivity contribution in [3.05, 3.63) is 24.4 Å². The van der Waals surface area contributed by atoms with Gasteiger partial charge in [-0.05, 0) is 39.2 Å². The van der Waals surface area contributed by atoms with E-state index in [1.165, 1.54) is 6.20 Å². The SMILES string of the molecule is [2H]C([2H])([2H])n1cc2cc(B3OC(C)(C)C(C)(C)O3)ccc2n1. The van der Waals surface area contributed by atoms with E-state index in [4.69, 9.17) is 13.4 Å². The number of aryl methyl sites for hydroxylation is 1. The predicted octanol–water partition coefficient (Wildman–Crippen LogP) is 1.87. The fourth-order valence-corrected chi connectivity index (χ4v) is 2.17. The first-order valence-corrected chi connectivity index (χ1v) is 6.35. The summed E-state index contributed by atoms with van der Waals surface area (Å²) in [6.45, 7) is 5.72. The average Bonchev–Trinajstić information content (AvgIpc) is 2.87. The molecule has 0 unspecified atom stereocenters. The van der Waals surface area contributed by atoms with Crippen molar-refractivity contribution < 1.29 is 13.4 Å². The molecule has 0 bridgehead atoms. The molecule has 0 aliphatic carbocycles. The summed E-state index contributed by atoms with van der Waals surface area (Å²) in [6.07, 6.45) is 1.52. The van der Waals surface area contributed by atoms with Gasteiger partial charge in [0.15, 0.2) is 0 Å². The maximum atomic E-state index is 7.41. The van der Waals surface area contributed by atoms with Crippen LogP contribution in [0.4, 0.5) is 0 Å². The first-order chi connectivity index (χ1) is 9.99. The summed E-state index contributed by atoms with van der Waals surface area (Å²) in [5, 5.41) is 4.83. The summed E-state index contributed by atoms with van der Waals surface area (Å²) in [7, 11) is -0.467. The zero-order chi connectivity index (χ0) is 16.3. The molecule has 0 atom stereocenters. The van der Waals surface area contributed by atoms with Crippen molar-refractivity contribution in [1.82, 2.24) is 9.78 Å². The molecular weight excluding hydrogens is 239 g/mol. The molecule has 0 N–H and O–H groups in total. The van der Waals surface area contributed by atoms with E-state index >= 15 is 0 Å². The Hall–Kier alpha value is -1.33. The highest BCUT2D eigenvalue weighted by Crippen LogP contribution is 2.36. The topological polar surface area (TPSA) is 36.3 Å². The molecule has 4 nitrogen and oxygen atoms in total. The Morgan fingerprint density at radius 1 is 1.21 bits per heavy atom. The van der Waals surface area contributed by atoms with E-state index in [1.807, 2.05) is 39.8 Å². The first kappa shape index (κ1) is 9.56. The number of fused-ring (bicyclic) bond motifs is 1. The number of aromatic nitrogens is 2. The summed E-state index contributed by atoms with van der Waals surface area (Å²) >= 11 is 0. The highest BCUT2D eigenvalue weighted by molar-refractivity contribution is 6.62. The minimum absolute atomic E-state index is 0.407. The van der Waals surface area contributed by atoms with Gasteiger partial charge >= 0.3 is 7.12 Å². The molecule has 19 heavy (non-hydrogen) atoms. The second-order valence-electron chi connectivity index (χ2n) is 5.98. The van der Waals surface area contributed by atoms with Crippen molar-refractivity contribution in [2.24, 2.45) is 6.98 Å². The molecule has 0 radical (unpaired) electrons. The Kier molecular flexibility index (Phi) is 1.93. The van der Waals surface area contributed by atoms with Crippen LogP contribution in [0.2, 0.25) is 0 Å². The van der Waals surface area contributed by atoms with E-state index in [0.29, 0.717) is 5.52 Å². The molecule has 2 aromatic rings. The predicted molar refractivity (Wildman–Crippen MR) is 76.4 cm³/mol. The third-order valence-electron chi connectivity index (χ3n) is 4.05. The summed E-state index contributed by atoms with van der Waals surface area (Å²) in [4.78, 5) is 0. The van der Waals surface area contributed by atoms with Crippen molar-refractivity contribution in [3.63, 3.8) is 0 Å². The van der Waals surface area contributed by atoms with Gasteiger partial charge in [0, 0.05) is 22.7 Å². The van der Waals surface area contributed by atoms with Gasteiger partial charge in [-0.3, -0.25) is 4.68 Å². The van der Waals surface area contributed by atoms with Gasteiger partial charge in [-0.15, -0.1) is 0 Å². The Labute approximate surface area is 118 Å². The van der Waals surface area contributed by atoms with Gasteiger partial charge in [-0.1, -0.05) is 12.1 Å². The molecule has 0 amide bonds. The lowest BCUT2D eigenvalue weighted by molar-refractivity contribution is 0.00578. The molecule has 1 aliphatic heterocycles. The number of hydrogen-bond donors (Lipinski definition) is 0. The number of hydrogen-bond acceptors (Lipinski definition) is 3. The average molecular weight is 261 g/mol. The van der Waals surface area contributed by atoms with Crippen LogP contribution in [0.15, 0.2) is 24.4 Å². The van der Waals surface area contributed by atoms with E-state index in [-0.39, 0.29) is 0 Å². The van der Waals surface area contributed by atoms with Crippen molar-refractivity contribution in [1.29, 1.82) is 0 Å². The standard InChI is InChI=1S/C14H19BN2O2/c1-13(2)14(3,4)19-15(18-13)11-6-7-12-10(8-11)9-17(5)16-12/h6-9H,1-5H3/i5D3. The third kappa shape index (κ3) is 1.97. The number of benzene rings is 1. The van der Waals surface area contributed by atoms with Crippen LogP contribution < -0.4 is 5.46 Å². The lowest BCUT2D eigenvalue weighted by atomic mass is 9.79. The maximum Gasteiger partial charge on any atom is 0.494 e. The van der Waals surface area contributed by atoms with Crippen LogP contribution in [0.25, 0.3) is 10.9 Å². The van der Waals surface area contributed by atoms with Crippen molar-refractivity contribution in [2.45, 2.75) is 38.9 Å². The van der Waals surface area contributed by atoms with Crippen molar-refractivity contribution in [3.8, 4) is 0 Å². The van der Waals surface area contributed by atoms with Gasteiger partial charge < -0.3 is 9.31 Å². The molecule has 0 spiro atoms. The largest absolute Gasteiger partial charge is 0.494 e. The molecular formula is C14H19BN2O2. The molecule has 3 rings (SSSR count). The van der Waals surface area contributed by atoms with E-state index in [2.05, 4.69) is 5.10 Å². The summed E-state index contributed by atoms with van der Waals surface area (Å²) in [6, 6.07) is 5.52. The lowest BCUT2D eigenvalue weighted by Gasteiger charge is -2.32. The molecule has 1 saturated heterocycles. The Balaban J connectivity index is 1.97. The van der Waals surface area contributed by atoms with Gasteiger partial charge in [0.2, 0.25) is 0 Å². The smallest absolute Gasteiger partial charge is 0.399 e. The maximum absolute atomic E-state index is 7.41. The Morgan fingerprint density at radius 2 is 1.89 bits per heavy atom. The van der Waals surface area contributed by atoms with Crippen LogP contribution >= 0.6 is 0 Å². The quantitative estimate of drug-likeness (QED) is 0.735. The van der Waals surface area contributed by atoms with Crippen molar-refractivity contribution >= 4 is 23.5 Å².